The van der Waals surface area contributed by atoms with Crippen LogP contribution in [0.5, 0.6) is 0 Å². The van der Waals surface area contributed by atoms with Gasteiger partial charge < -0.3 is 15.0 Å². The standard InChI is InChI=1S/C14H21N3O4/c1-5-16(10(2)9-21-4)14(18)11-7-6-8-12(15-3)13(11)17(19)20/h6-8,10,15H,5,9H2,1-4H3. The number of benzene rings is 1. The molecule has 0 saturated carbocycles. The molecule has 116 valence electrons. The van der Waals surface area contributed by atoms with Gasteiger partial charge in [0.2, 0.25) is 0 Å². The number of carbonyl (C=O) groups excluding carboxylic acids is 1. The third kappa shape index (κ3) is 3.69. The van der Waals surface area contributed by atoms with E-state index in [0.717, 1.165) is 0 Å². The van der Waals surface area contributed by atoms with E-state index in [1.807, 2.05) is 13.8 Å². The molecule has 0 aliphatic rings. The van der Waals surface area contributed by atoms with Gasteiger partial charge in [-0.15, -0.1) is 0 Å². The summed E-state index contributed by atoms with van der Waals surface area (Å²) in [7, 11) is 3.14. The Morgan fingerprint density at radius 3 is 2.67 bits per heavy atom. The molecule has 0 aliphatic carbocycles. The van der Waals surface area contributed by atoms with Crippen LogP contribution < -0.4 is 5.32 Å². The fourth-order valence-electron chi connectivity index (χ4n) is 2.26. The van der Waals surface area contributed by atoms with Crippen molar-refractivity contribution in [3.05, 3.63) is 33.9 Å². The van der Waals surface area contributed by atoms with E-state index in [0.29, 0.717) is 18.8 Å². The maximum absolute atomic E-state index is 12.6. The monoisotopic (exact) mass is 295 g/mol. The summed E-state index contributed by atoms with van der Waals surface area (Å²) in [5.74, 6) is -0.370. The van der Waals surface area contributed by atoms with Gasteiger partial charge in [0.15, 0.2) is 0 Å². The molecule has 1 amide bonds. The third-order valence-electron chi connectivity index (χ3n) is 3.26. The van der Waals surface area contributed by atoms with Gasteiger partial charge in [-0.25, -0.2) is 0 Å². The summed E-state index contributed by atoms with van der Waals surface area (Å²) in [4.78, 5) is 24.9. The minimum absolute atomic E-state index is 0.0802. The molecule has 7 nitrogen and oxygen atoms in total. The summed E-state index contributed by atoms with van der Waals surface area (Å²) in [5.41, 5.74) is 0.200. The van der Waals surface area contributed by atoms with Crippen LogP contribution in [0.15, 0.2) is 18.2 Å². The van der Waals surface area contributed by atoms with Crippen LogP contribution in [0.2, 0.25) is 0 Å². The minimum Gasteiger partial charge on any atom is -0.383 e. The van der Waals surface area contributed by atoms with Gasteiger partial charge in [0, 0.05) is 20.7 Å². The number of hydrogen-bond donors (Lipinski definition) is 1. The van der Waals surface area contributed by atoms with Crippen molar-refractivity contribution < 1.29 is 14.5 Å². The van der Waals surface area contributed by atoms with Gasteiger partial charge in [0.1, 0.15) is 11.3 Å². The van der Waals surface area contributed by atoms with Gasteiger partial charge >= 0.3 is 5.69 Å². The molecular weight excluding hydrogens is 274 g/mol. The average molecular weight is 295 g/mol. The summed E-state index contributed by atoms with van der Waals surface area (Å²) in [6.45, 7) is 4.50. The minimum atomic E-state index is -0.534. The lowest BCUT2D eigenvalue weighted by Gasteiger charge is -2.27. The Balaban J connectivity index is 3.25. The number of nitrogens with one attached hydrogen (secondary N) is 1. The number of methoxy groups -OCH3 is 1. The molecule has 0 heterocycles. The van der Waals surface area contributed by atoms with Gasteiger partial charge in [-0.2, -0.15) is 0 Å². The molecular formula is C14H21N3O4. The molecule has 0 spiro atoms. The average Bonchev–Trinajstić information content (AvgIpc) is 2.47. The van der Waals surface area contributed by atoms with E-state index in [2.05, 4.69) is 5.32 Å². The van der Waals surface area contributed by atoms with Gasteiger partial charge in [-0.1, -0.05) is 6.07 Å². The van der Waals surface area contributed by atoms with E-state index in [1.54, 1.807) is 31.2 Å². The van der Waals surface area contributed by atoms with Gasteiger partial charge in [-0.3, -0.25) is 14.9 Å². The Morgan fingerprint density at radius 2 is 2.19 bits per heavy atom. The number of anilines is 1. The van der Waals surface area contributed by atoms with Crippen molar-refractivity contribution in [1.29, 1.82) is 0 Å². The zero-order chi connectivity index (χ0) is 16.0. The van der Waals surface area contributed by atoms with Crippen molar-refractivity contribution in [2.75, 3.05) is 32.6 Å². The Labute approximate surface area is 124 Å². The highest BCUT2D eigenvalue weighted by atomic mass is 16.6. The molecule has 0 aliphatic heterocycles. The summed E-state index contributed by atoms with van der Waals surface area (Å²) in [6.07, 6.45) is 0. The summed E-state index contributed by atoms with van der Waals surface area (Å²) >= 11 is 0. The van der Waals surface area contributed by atoms with Crippen LogP contribution >= 0.6 is 0 Å². The van der Waals surface area contributed by atoms with E-state index < -0.39 is 4.92 Å². The van der Waals surface area contributed by atoms with Crippen molar-refractivity contribution in [3.8, 4) is 0 Å². The number of carbonyl (C=O) groups is 1. The number of nitro groups is 1. The molecule has 1 N–H and O–H groups in total. The zero-order valence-electron chi connectivity index (χ0n) is 12.8. The van der Waals surface area contributed by atoms with Gasteiger partial charge in [-0.05, 0) is 26.0 Å². The molecule has 1 rings (SSSR count). The van der Waals surface area contributed by atoms with Crippen LogP contribution in [0.3, 0.4) is 0 Å². The summed E-state index contributed by atoms with van der Waals surface area (Å²) < 4.78 is 5.05. The molecule has 1 aromatic carbocycles. The van der Waals surface area contributed by atoms with E-state index in [9.17, 15) is 14.9 Å². The fourth-order valence-corrected chi connectivity index (χ4v) is 2.26. The number of rotatable bonds is 7. The van der Waals surface area contributed by atoms with Crippen LogP contribution in [0, 0.1) is 10.1 Å². The SMILES string of the molecule is CCN(C(=O)c1cccc(NC)c1[N+](=O)[O-])C(C)COC. The van der Waals surface area contributed by atoms with Crippen molar-refractivity contribution >= 4 is 17.3 Å². The van der Waals surface area contributed by atoms with Crippen LogP contribution in [-0.4, -0.2) is 49.1 Å². The Morgan fingerprint density at radius 1 is 1.52 bits per heavy atom. The summed E-state index contributed by atoms with van der Waals surface area (Å²) in [6, 6.07) is 4.51. The smallest absolute Gasteiger partial charge is 0.305 e. The number of nitrogens with zero attached hydrogens (tertiary/aromatic N) is 2. The predicted molar refractivity (Wildman–Crippen MR) is 80.7 cm³/mol. The second kappa shape index (κ2) is 7.58. The Bertz CT molecular complexity index is 519. The number of nitro benzene ring substituents is 1. The molecule has 0 fully saturated rings. The Hall–Kier alpha value is -2.15. The first-order valence-electron chi connectivity index (χ1n) is 6.72. The maximum Gasteiger partial charge on any atom is 0.305 e. The molecule has 0 bridgehead atoms. The molecule has 7 heteroatoms. The van der Waals surface area contributed by atoms with Crippen LogP contribution in [0.4, 0.5) is 11.4 Å². The highest BCUT2D eigenvalue weighted by Gasteiger charge is 2.28. The largest absolute Gasteiger partial charge is 0.383 e. The molecule has 0 saturated heterocycles. The van der Waals surface area contributed by atoms with E-state index in [-0.39, 0.29) is 23.2 Å². The lowest BCUT2D eigenvalue weighted by molar-refractivity contribution is -0.384. The van der Waals surface area contributed by atoms with Crippen molar-refractivity contribution in [2.24, 2.45) is 0 Å². The Kier molecular flexibility index (Phi) is 6.10. The number of para-hydroxylation sites is 1. The molecule has 1 unspecified atom stereocenters. The molecule has 0 radical (unpaired) electrons. The molecule has 21 heavy (non-hydrogen) atoms. The fraction of sp³-hybridized carbons (Fsp3) is 0.500. The molecule has 1 aromatic rings. The topological polar surface area (TPSA) is 84.7 Å². The van der Waals surface area contributed by atoms with Crippen molar-refractivity contribution in [1.82, 2.24) is 4.90 Å². The second-order valence-electron chi connectivity index (χ2n) is 4.60. The van der Waals surface area contributed by atoms with Gasteiger partial charge in [0.25, 0.3) is 5.91 Å². The molecule has 0 aromatic heterocycles. The van der Waals surface area contributed by atoms with E-state index in [1.165, 1.54) is 6.07 Å². The third-order valence-corrected chi connectivity index (χ3v) is 3.26. The second-order valence-corrected chi connectivity index (χ2v) is 4.60. The number of hydrogen-bond acceptors (Lipinski definition) is 5. The summed E-state index contributed by atoms with van der Waals surface area (Å²) in [5, 5.41) is 14.0. The number of ether oxygens (including phenoxy) is 1. The first-order valence-corrected chi connectivity index (χ1v) is 6.72. The van der Waals surface area contributed by atoms with Crippen molar-refractivity contribution in [3.63, 3.8) is 0 Å². The highest BCUT2D eigenvalue weighted by Crippen LogP contribution is 2.29. The number of amides is 1. The lowest BCUT2D eigenvalue weighted by Crippen LogP contribution is -2.41. The van der Waals surface area contributed by atoms with E-state index >= 15 is 0 Å². The highest BCUT2D eigenvalue weighted by molar-refractivity contribution is 6.00. The van der Waals surface area contributed by atoms with Crippen LogP contribution in [0.25, 0.3) is 0 Å². The van der Waals surface area contributed by atoms with Crippen molar-refractivity contribution in [2.45, 2.75) is 19.9 Å². The molecule has 1 atom stereocenters. The number of likely N-dealkylation sites (N-methyl/N-ethyl adjacent to an activating group) is 1. The van der Waals surface area contributed by atoms with E-state index in [4.69, 9.17) is 4.74 Å². The normalized spacial score (nSPS) is 11.8. The first kappa shape index (κ1) is 16.9. The first-order chi connectivity index (χ1) is 9.97. The van der Waals surface area contributed by atoms with Crippen LogP contribution in [0.1, 0.15) is 24.2 Å². The van der Waals surface area contributed by atoms with Crippen LogP contribution in [-0.2, 0) is 4.74 Å². The van der Waals surface area contributed by atoms with Gasteiger partial charge in [0.05, 0.1) is 17.6 Å². The maximum atomic E-state index is 12.6. The lowest BCUT2D eigenvalue weighted by atomic mass is 10.1. The predicted octanol–water partition coefficient (Wildman–Crippen LogP) is 2.13. The zero-order valence-corrected chi connectivity index (χ0v) is 12.8. The quantitative estimate of drug-likeness (QED) is 0.615.